The Morgan fingerprint density at radius 3 is 2.81 bits per heavy atom. The molecule has 0 spiro atoms. The van der Waals surface area contributed by atoms with Crippen molar-refractivity contribution in [2.75, 3.05) is 12.4 Å². The second-order valence-corrected chi connectivity index (χ2v) is 9.06. The van der Waals surface area contributed by atoms with Gasteiger partial charge in [-0.25, -0.2) is 0 Å². The molecule has 2 unspecified atom stereocenters. The first-order valence-electron chi connectivity index (χ1n) is 12.1. The molecule has 2 nitrogen and oxygen atoms in total. The third kappa shape index (κ3) is 4.35. The maximum atomic E-state index is 5.62. The standard InChI is InChI=1S/C30H35NO/c1-4-6-8-14-23(13-5-2)28-22-25-16-12-20-30(25,31-26-17-9-7-10-18-26)29(28)24-15-11-19-27(21-24)32-3/h1,7,9-11,14-15,17-19,21,25,31H,5-6,8,12-13,16,20,22H2,2-3H3/b23-14+. The van der Waals surface area contributed by atoms with Crippen LogP contribution in [0.25, 0.3) is 5.57 Å². The Bertz CT molecular complexity index is 1030. The maximum Gasteiger partial charge on any atom is 0.119 e. The molecule has 2 aromatic rings. The predicted octanol–water partition coefficient (Wildman–Crippen LogP) is 7.64. The SMILES string of the molecule is C#CCC/C=C(\CCC)C1=C(c2cccc(OC)c2)C2(Nc3ccccc3)CCCC2C1. The lowest BCUT2D eigenvalue weighted by molar-refractivity contribution is 0.414. The fourth-order valence-electron chi connectivity index (χ4n) is 5.78. The molecule has 0 aromatic heterocycles. The number of para-hydroxylation sites is 1. The minimum atomic E-state index is -0.0397. The summed E-state index contributed by atoms with van der Waals surface area (Å²) in [6.45, 7) is 2.27. The van der Waals surface area contributed by atoms with Gasteiger partial charge in [0.15, 0.2) is 0 Å². The zero-order valence-corrected chi connectivity index (χ0v) is 19.5. The molecule has 0 radical (unpaired) electrons. The first kappa shape index (κ1) is 22.3. The molecule has 1 N–H and O–H groups in total. The summed E-state index contributed by atoms with van der Waals surface area (Å²) in [6.07, 6.45) is 16.8. The average Bonchev–Trinajstić information content (AvgIpc) is 3.34. The van der Waals surface area contributed by atoms with Crippen LogP contribution in [0.15, 0.2) is 71.8 Å². The highest BCUT2D eigenvalue weighted by Crippen LogP contribution is 2.57. The van der Waals surface area contributed by atoms with Gasteiger partial charge in [0.05, 0.1) is 12.6 Å². The normalized spacial score (nSPS) is 22.5. The van der Waals surface area contributed by atoms with Crippen LogP contribution in [0.5, 0.6) is 5.75 Å². The van der Waals surface area contributed by atoms with E-state index >= 15 is 0 Å². The minimum Gasteiger partial charge on any atom is -0.497 e. The number of terminal acetylenes is 1. The van der Waals surface area contributed by atoms with Crippen molar-refractivity contribution in [3.05, 3.63) is 77.4 Å². The van der Waals surface area contributed by atoms with Crippen molar-refractivity contribution in [1.29, 1.82) is 0 Å². The smallest absolute Gasteiger partial charge is 0.119 e. The molecule has 2 aliphatic rings. The number of fused-ring (bicyclic) bond motifs is 1. The van der Waals surface area contributed by atoms with Gasteiger partial charge in [-0.1, -0.05) is 56.2 Å². The van der Waals surface area contributed by atoms with Crippen molar-refractivity contribution in [2.45, 2.75) is 63.8 Å². The van der Waals surface area contributed by atoms with Gasteiger partial charge in [-0.3, -0.25) is 0 Å². The van der Waals surface area contributed by atoms with Gasteiger partial charge >= 0.3 is 0 Å². The molecule has 0 bridgehead atoms. The Labute approximate surface area is 193 Å². The van der Waals surface area contributed by atoms with Crippen molar-refractivity contribution in [2.24, 2.45) is 5.92 Å². The number of allylic oxidation sites excluding steroid dienone is 3. The number of ether oxygens (including phenoxy) is 1. The average molecular weight is 426 g/mol. The van der Waals surface area contributed by atoms with Crippen molar-refractivity contribution in [3.8, 4) is 18.1 Å². The first-order valence-corrected chi connectivity index (χ1v) is 12.1. The first-order chi connectivity index (χ1) is 15.7. The Balaban J connectivity index is 1.88. The number of rotatable bonds is 9. The van der Waals surface area contributed by atoms with Gasteiger partial charge in [0, 0.05) is 12.1 Å². The van der Waals surface area contributed by atoms with E-state index in [9.17, 15) is 0 Å². The van der Waals surface area contributed by atoms with Gasteiger partial charge in [-0.2, -0.15) is 0 Å². The Morgan fingerprint density at radius 2 is 2.06 bits per heavy atom. The topological polar surface area (TPSA) is 21.3 Å². The molecule has 2 aliphatic carbocycles. The fourth-order valence-corrected chi connectivity index (χ4v) is 5.78. The number of hydrogen-bond donors (Lipinski definition) is 1. The monoisotopic (exact) mass is 425 g/mol. The maximum absolute atomic E-state index is 5.62. The highest BCUT2D eigenvalue weighted by Gasteiger charge is 2.52. The predicted molar refractivity (Wildman–Crippen MR) is 136 cm³/mol. The summed E-state index contributed by atoms with van der Waals surface area (Å²) in [5, 5.41) is 4.04. The van der Waals surface area contributed by atoms with Crippen LogP contribution >= 0.6 is 0 Å². The van der Waals surface area contributed by atoms with Gasteiger partial charge in [0.1, 0.15) is 5.75 Å². The third-order valence-corrected chi connectivity index (χ3v) is 7.11. The van der Waals surface area contributed by atoms with Crippen molar-refractivity contribution in [1.82, 2.24) is 0 Å². The van der Waals surface area contributed by atoms with Crippen LogP contribution in [0.1, 0.15) is 63.9 Å². The van der Waals surface area contributed by atoms with Gasteiger partial charge in [-0.05, 0) is 84.6 Å². The van der Waals surface area contributed by atoms with E-state index < -0.39 is 0 Å². The lowest BCUT2D eigenvalue weighted by Crippen LogP contribution is -2.40. The number of methoxy groups -OCH3 is 1. The molecule has 2 heteroatoms. The minimum absolute atomic E-state index is 0.0397. The van der Waals surface area contributed by atoms with E-state index in [0.717, 1.165) is 44.3 Å². The number of unbranched alkanes of at least 4 members (excludes halogenated alkanes) is 1. The lowest BCUT2D eigenvalue weighted by Gasteiger charge is -2.36. The molecule has 2 aromatic carbocycles. The van der Waals surface area contributed by atoms with Crippen molar-refractivity contribution < 1.29 is 4.74 Å². The second-order valence-electron chi connectivity index (χ2n) is 9.06. The summed E-state index contributed by atoms with van der Waals surface area (Å²) in [6, 6.07) is 19.4. The second kappa shape index (κ2) is 10.1. The summed E-state index contributed by atoms with van der Waals surface area (Å²) >= 11 is 0. The van der Waals surface area contributed by atoms with Crippen molar-refractivity contribution >= 4 is 11.3 Å². The zero-order chi connectivity index (χ0) is 22.4. The van der Waals surface area contributed by atoms with Crippen molar-refractivity contribution in [3.63, 3.8) is 0 Å². The van der Waals surface area contributed by atoms with E-state index in [0.29, 0.717) is 5.92 Å². The van der Waals surface area contributed by atoms with E-state index in [1.807, 2.05) is 6.07 Å². The van der Waals surface area contributed by atoms with E-state index in [-0.39, 0.29) is 5.54 Å². The van der Waals surface area contributed by atoms with Crippen LogP contribution in [0.4, 0.5) is 5.69 Å². The van der Waals surface area contributed by atoms with Crippen LogP contribution in [0.2, 0.25) is 0 Å². The Morgan fingerprint density at radius 1 is 1.22 bits per heavy atom. The van der Waals surface area contributed by atoms with Gasteiger partial charge in [0.2, 0.25) is 0 Å². The molecule has 2 atom stereocenters. The van der Waals surface area contributed by atoms with Gasteiger partial charge in [-0.15, -0.1) is 12.3 Å². The molecule has 0 aliphatic heterocycles. The summed E-state index contributed by atoms with van der Waals surface area (Å²) in [5.74, 6) is 4.32. The number of benzene rings is 2. The summed E-state index contributed by atoms with van der Waals surface area (Å²) in [4.78, 5) is 0. The molecular weight excluding hydrogens is 390 g/mol. The van der Waals surface area contributed by atoms with E-state index in [1.165, 1.54) is 40.8 Å². The van der Waals surface area contributed by atoms with Crippen LogP contribution in [-0.4, -0.2) is 12.6 Å². The molecule has 1 saturated carbocycles. The van der Waals surface area contributed by atoms with Crippen LogP contribution in [-0.2, 0) is 0 Å². The van der Waals surface area contributed by atoms with E-state index in [1.54, 1.807) is 7.11 Å². The molecule has 4 rings (SSSR count). The molecular formula is C30H35NO. The highest BCUT2D eigenvalue weighted by molar-refractivity contribution is 5.85. The quantitative estimate of drug-likeness (QED) is 0.329. The summed E-state index contributed by atoms with van der Waals surface area (Å²) < 4.78 is 5.62. The lowest BCUT2D eigenvalue weighted by atomic mass is 9.80. The van der Waals surface area contributed by atoms with E-state index in [2.05, 4.69) is 72.8 Å². The number of hydrogen-bond acceptors (Lipinski definition) is 2. The largest absolute Gasteiger partial charge is 0.497 e. The third-order valence-electron chi connectivity index (χ3n) is 7.11. The highest BCUT2D eigenvalue weighted by atomic mass is 16.5. The van der Waals surface area contributed by atoms with Gasteiger partial charge < -0.3 is 10.1 Å². The number of anilines is 1. The molecule has 0 heterocycles. The van der Waals surface area contributed by atoms with Crippen LogP contribution < -0.4 is 10.1 Å². The van der Waals surface area contributed by atoms with Crippen LogP contribution in [0.3, 0.4) is 0 Å². The fraction of sp³-hybridized carbons (Fsp3) is 0.400. The number of nitrogens with one attached hydrogen (secondary N) is 1. The zero-order valence-electron chi connectivity index (χ0n) is 19.5. The molecule has 0 amide bonds. The molecule has 0 saturated heterocycles. The Hall–Kier alpha value is -2.92. The summed E-state index contributed by atoms with van der Waals surface area (Å²) in [7, 11) is 1.75. The molecule has 1 fully saturated rings. The molecule has 166 valence electrons. The summed E-state index contributed by atoms with van der Waals surface area (Å²) in [5.41, 5.74) is 6.94. The molecule has 32 heavy (non-hydrogen) atoms. The Kier molecular flexibility index (Phi) is 7.05. The van der Waals surface area contributed by atoms with E-state index in [4.69, 9.17) is 11.2 Å². The van der Waals surface area contributed by atoms with Gasteiger partial charge in [0.25, 0.3) is 0 Å². The van der Waals surface area contributed by atoms with Crippen LogP contribution in [0, 0.1) is 18.3 Å².